The summed E-state index contributed by atoms with van der Waals surface area (Å²) in [5, 5.41) is 19.7. The van der Waals surface area contributed by atoms with Crippen LogP contribution in [0.3, 0.4) is 0 Å². The fourth-order valence-corrected chi connectivity index (χ4v) is 3.61. The molecule has 3 unspecified atom stereocenters. The summed E-state index contributed by atoms with van der Waals surface area (Å²) in [7, 11) is 0. The first kappa shape index (κ1) is 22.8. The largest absolute Gasteiger partial charge is 0.486 e. The van der Waals surface area contributed by atoms with Crippen molar-refractivity contribution in [2.24, 2.45) is 0 Å². The summed E-state index contributed by atoms with van der Waals surface area (Å²) >= 11 is 0. The van der Waals surface area contributed by atoms with E-state index >= 15 is 0 Å². The van der Waals surface area contributed by atoms with Gasteiger partial charge in [0.05, 0.1) is 17.9 Å². The van der Waals surface area contributed by atoms with E-state index in [1.54, 1.807) is 0 Å². The third-order valence-electron chi connectivity index (χ3n) is 5.32. The number of rotatable bonds is 8. The van der Waals surface area contributed by atoms with Gasteiger partial charge >= 0.3 is 6.03 Å². The quantitative estimate of drug-likeness (QED) is 0.479. The molecule has 9 heteroatoms. The van der Waals surface area contributed by atoms with Gasteiger partial charge in [-0.25, -0.2) is 9.18 Å². The molecule has 1 saturated heterocycles. The number of nitrogens with one attached hydrogen (secondary N) is 2. The van der Waals surface area contributed by atoms with E-state index in [0.29, 0.717) is 30.7 Å². The molecule has 0 spiro atoms. The van der Waals surface area contributed by atoms with Crippen molar-refractivity contribution in [3.63, 3.8) is 0 Å². The third kappa shape index (κ3) is 6.77. The molecule has 0 saturated carbocycles. The second kappa shape index (κ2) is 10.9. The number of urea groups is 1. The summed E-state index contributed by atoms with van der Waals surface area (Å²) in [4.78, 5) is 12.1. The highest BCUT2D eigenvalue weighted by Crippen LogP contribution is 2.23. The summed E-state index contributed by atoms with van der Waals surface area (Å²) in [5.74, 6) is 0.980. The number of para-hydroxylation sites is 1. The smallest absolute Gasteiger partial charge is 0.319 e. The first-order valence-corrected chi connectivity index (χ1v) is 10.8. The molecule has 2 heterocycles. The lowest BCUT2D eigenvalue weighted by Crippen LogP contribution is -2.47. The average Bonchev–Trinajstić information content (AvgIpc) is 3.27. The van der Waals surface area contributed by atoms with Gasteiger partial charge in [0.15, 0.2) is 5.76 Å². The molecule has 0 bridgehead atoms. The third-order valence-corrected chi connectivity index (χ3v) is 5.32. The lowest BCUT2D eigenvalue weighted by molar-refractivity contribution is -0.113. The lowest BCUT2D eigenvalue weighted by Gasteiger charge is -2.33. The van der Waals surface area contributed by atoms with Crippen molar-refractivity contribution in [2.45, 2.75) is 44.2 Å². The highest BCUT2D eigenvalue weighted by molar-refractivity contribution is 5.89. The Kier molecular flexibility index (Phi) is 7.54. The van der Waals surface area contributed by atoms with Crippen molar-refractivity contribution in [1.29, 1.82) is 0 Å². The van der Waals surface area contributed by atoms with Gasteiger partial charge < -0.3 is 29.7 Å². The maximum atomic E-state index is 13.0. The van der Waals surface area contributed by atoms with Crippen molar-refractivity contribution < 1.29 is 28.3 Å². The van der Waals surface area contributed by atoms with Gasteiger partial charge in [0.2, 0.25) is 0 Å². The van der Waals surface area contributed by atoms with E-state index in [0.717, 1.165) is 11.4 Å². The van der Waals surface area contributed by atoms with Crippen LogP contribution in [0.4, 0.5) is 14.9 Å². The molecule has 1 fully saturated rings. The Bertz CT molecular complexity index is 1030. The van der Waals surface area contributed by atoms with Crippen LogP contribution in [0.25, 0.3) is 0 Å². The van der Waals surface area contributed by atoms with Gasteiger partial charge in [0, 0.05) is 24.7 Å². The molecule has 3 N–H and O–H groups in total. The second-order valence-electron chi connectivity index (χ2n) is 7.87. The highest BCUT2D eigenvalue weighted by Gasteiger charge is 2.30. The molecular formula is C24H26FN3O5. The molecule has 174 valence electrons. The Morgan fingerprint density at radius 1 is 1.15 bits per heavy atom. The molecule has 33 heavy (non-hydrogen) atoms. The van der Waals surface area contributed by atoms with E-state index in [1.165, 1.54) is 24.3 Å². The summed E-state index contributed by atoms with van der Waals surface area (Å²) < 4.78 is 30.0. The zero-order valence-corrected chi connectivity index (χ0v) is 17.9. The van der Waals surface area contributed by atoms with Gasteiger partial charge in [-0.15, -0.1) is 0 Å². The SMILES string of the molecule is O=C(NCC1OC(Cc2cc(COc3ccccc3)on2)CCC1O)Nc1ccc(F)cc1. The van der Waals surface area contributed by atoms with Gasteiger partial charge in [-0.05, 0) is 49.2 Å². The van der Waals surface area contributed by atoms with Gasteiger partial charge in [-0.3, -0.25) is 0 Å². The summed E-state index contributed by atoms with van der Waals surface area (Å²) in [6, 6.07) is 16.3. The molecule has 2 aromatic carbocycles. The number of aliphatic hydroxyl groups is 1. The van der Waals surface area contributed by atoms with Crippen LogP contribution in [0, 0.1) is 5.82 Å². The van der Waals surface area contributed by atoms with Crippen molar-refractivity contribution in [3.05, 3.63) is 77.9 Å². The Morgan fingerprint density at radius 3 is 2.73 bits per heavy atom. The van der Waals surface area contributed by atoms with Crippen LogP contribution in [0.5, 0.6) is 5.75 Å². The number of hydrogen-bond acceptors (Lipinski definition) is 6. The molecule has 8 nitrogen and oxygen atoms in total. The number of halogens is 1. The number of amides is 2. The molecule has 3 aromatic rings. The maximum Gasteiger partial charge on any atom is 0.319 e. The normalized spacial score (nSPS) is 20.2. The number of benzene rings is 2. The zero-order valence-electron chi connectivity index (χ0n) is 17.9. The lowest BCUT2D eigenvalue weighted by atomic mass is 9.98. The number of ether oxygens (including phenoxy) is 2. The minimum atomic E-state index is -0.681. The van der Waals surface area contributed by atoms with Gasteiger partial charge in [-0.2, -0.15) is 0 Å². The Balaban J connectivity index is 1.23. The van der Waals surface area contributed by atoms with E-state index < -0.39 is 18.2 Å². The Morgan fingerprint density at radius 2 is 1.94 bits per heavy atom. The summed E-state index contributed by atoms with van der Waals surface area (Å²) in [6.07, 6.45) is 0.365. The number of carbonyl (C=O) groups excluding carboxylic acids is 1. The summed E-state index contributed by atoms with van der Waals surface area (Å²) in [6.45, 7) is 0.413. The molecule has 2 amide bonds. The molecule has 3 atom stereocenters. The minimum absolute atomic E-state index is 0.139. The highest BCUT2D eigenvalue weighted by atomic mass is 19.1. The molecule has 1 aliphatic heterocycles. The van der Waals surface area contributed by atoms with Crippen molar-refractivity contribution in [3.8, 4) is 5.75 Å². The molecule has 1 aromatic heterocycles. The predicted molar refractivity (Wildman–Crippen MR) is 118 cm³/mol. The topological polar surface area (TPSA) is 106 Å². The van der Waals surface area contributed by atoms with E-state index in [4.69, 9.17) is 14.0 Å². The number of anilines is 1. The van der Waals surface area contributed by atoms with Gasteiger partial charge in [-0.1, -0.05) is 23.4 Å². The second-order valence-corrected chi connectivity index (χ2v) is 7.87. The molecule has 1 aliphatic rings. The molecule has 0 radical (unpaired) electrons. The Labute approximate surface area is 190 Å². The fraction of sp³-hybridized carbons (Fsp3) is 0.333. The van der Waals surface area contributed by atoms with Crippen molar-refractivity contribution in [2.75, 3.05) is 11.9 Å². The molecule has 4 rings (SSSR count). The van der Waals surface area contributed by atoms with Crippen LogP contribution in [-0.4, -0.2) is 41.2 Å². The van der Waals surface area contributed by atoms with E-state index in [-0.39, 0.29) is 25.1 Å². The Hall–Kier alpha value is -3.43. The number of nitrogens with zero attached hydrogens (tertiary/aromatic N) is 1. The van der Waals surface area contributed by atoms with Crippen LogP contribution in [0.1, 0.15) is 24.3 Å². The number of aliphatic hydroxyl groups excluding tert-OH is 1. The van der Waals surface area contributed by atoms with E-state index in [1.807, 2.05) is 36.4 Å². The summed E-state index contributed by atoms with van der Waals surface area (Å²) in [5.41, 5.74) is 1.21. The number of aromatic nitrogens is 1. The van der Waals surface area contributed by atoms with Crippen molar-refractivity contribution in [1.82, 2.24) is 10.5 Å². The van der Waals surface area contributed by atoms with Crippen LogP contribution in [-0.2, 0) is 17.8 Å². The van der Waals surface area contributed by atoms with Crippen LogP contribution < -0.4 is 15.4 Å². The monoisotopic (exact) mass is 455 g/mol. The fourth-order valence-electron chi connectivity index (χ4n) is 3.61. The van der Waals surface area contributed by atoms with E-state index in [9.17, 15) is 14.3 Å². The minimum Gasteiger partial charge on any atom is -0.486 e. The zero-order chi connectivity index (χ0) is 23.0. The molecular weight excluding hydrogens is 429 g/mol. The standard InChI is InChI=1S/C24H26FN3O5/c25-16-6-8-17(9-7-16)27-24(30)26-14-23-22(29)11-10-20(32-23)12-18-13-21(33-28-18)15-31-19-4-2-1-3-5-19/h1-9,13,20,22-23,29H,10-12,14-15H2,(H2,26,27,30). The first-order chi connectivity index (χ1) is 16.0. The van der Waals surface area contributed by atoms with Crippen LogP contribution >= 0.6 is 0 Å². The number of hydrogen-bond donors (Lipinski definition) is 3. The number of carbonyl (C=O) groups is 1. The van der Waals surface area contributed by atoms with E-state index in [2.05, 4.69) is 15.8 Å². The van der Waals surface area contributed by atoms with Crippen LogP contribution in [0.15, 0.2) is 65.2 Å². The first-order valence-electron chi connectivity index (χ1n) is 10.8. The average molecular weight is 455 g/mol. The van der Waals surface area contributed by atoms with Crippen LogP contribution in [0.2, 0.25) is 0 Å². The maximum absolute atomic E-state index is 13.0. The van der Waals surface area contributed by atoms with Gasteiger partial charge in [0.1, 0.15) is 24.3 Å². The van der Waals surface area contributed by atoms with Crippen molar-refractivity contribution >= 4 is 11.7 Å². The predicted octanol–water partition coefficient (Wildman–Crippen LogP) is 3.67. The molecule has 0 aliphatic carbocycles. The van der Waals surface area contributed by atoms with Gasteiger partial charge in [0.25, 0.3) is 0 Å².